The summed E-state index contributed by atoms with van der Waals surface area (Å²) in [7, 11) is 3.19. The Bertz CT molecular complexity index is 449. The molecule has 1 atom stereocenters. The van der Waals surface area contributed by atoms with Crippen molar-refractivity contribution < 1.29 is 18.3 Å². The summed E-state index contributed by atoms with van der Waals surface area (Å²) >= 11 is 0. The molecule has 0 saturated heterocycles. The molecule has 114 valence electrons. The summed E-state index contributed by atoms with van der Waals surface area (Å²) in [5.74, 6) is 0.0347. The minimum absolute atomic E-state index is 0.0287. The van der Waals surface area contributed by atoms with E-state index in [9.17, 15) is 18.3 Å². The average molecular weight is 292 g/mol. The van der Waals surface area contributed by atoms with Gasteiger partial charge in [0.15, 0.2) is 5.69 Å². The highest BCUT2D eigenvalue weighted by Gasteiger charge is 2.34. The molecule has 20 heavy (non-hydrogen) atoms. The number of nitrogens with zero attached hydrogens (tertiary/aromatic N) is 3. The number of anilines is 2. The summed E-state index contributed by atoms with van der Waals surface area (Å²) in [6, 6.07) is 0.475. The van der Waals surface area contributed by atoms with E-state index in [1.54, 1.807) is 14.1 Å². The van der Waals surface area contributed by atoms with Crippen molar-refractivity contribution in [2.24, 2.45) is 5.92 Å². The van der Waals surface area contributed by atoms with E-state index >= 15 is 0 Å². The first-order chi connectivity index (χ1) is 9.15. The van der Waals surface area contributed by atoms with E-state index < -0.39 is 17.9 Å². The number of hydrogen-bond donors (Lipinski definition) is 2. The Hall–Kier alpha value is -1.57. The molecule has 8 heteroatoms. The van der Waals surface area contributed by atoms with Gasteiger partial charge in [-0.3, -0.25) is 0 Å². The van der Waals surface area contributed by atoms with Gasteiger partial charge < -0.3 is 15.3 Å². The van der Waals surface area contributed by atoms with Gasteiger partial charge in [0.25, 0.3) is 0 Å². The lowest BCUT2D eigenvalue weighted by atomic mass is 10.1. The highest BCUT2D eigenvalue weighted by atomic mass is 19.4. The molecule has 0 aliphatic rings. The zero-order valence-corrected chi connectivity index (χ0v) is 11.9. The van der Waals surface area contributed by atoms with Crippen LogP contribution in [-0.2, 0) is 6.18 Å². The van der Waals surface area contributed by atoms with Gasteiger partial charge in [0, 0.05) is 20.2 Å². The van der Waals surface area contributed by atoms with Gasteiger partial charge in [-0.05, 0) is 5.92 Å². The van der Waals surface area contributed by atoms with Crippen LogP contribution in [0, 0.1) is 5.92 Å². The average Bonchev–Trinajstić information content (AvgIpc) is 2.34. The van der Waals surface area contributed by atoms with Gasteiger partial charge in [-0.1, -0.05) is 13.8 Å². The number of aliphatic hydroxyl groups is 1. The molecule has 0 saturated carbocycles. The normalized spacial score (nSPS) is 13.4. The summed E-state index contributed by atoms with van der Waals surface area (Å²) in [5.41, 5.74) is -1.01. The molecule has 0 aliphatic heterocycles. The number of alkyl halides is 3. The summed E-state index contributed by atoms with van der Waals surface area (Å²) in [6.07, 6.45) is -4.54. The minimum Gasteiger partial charge on any atom is -0.394 e. The molecule has 5 nitrogen and oxygen atoms in total. The molecule has 0 spiro atoms. The number of halogens is 3. The monoisotopic (exact) mass is 292 g/mol. The second kappa shape index (κ2) is 6.25. The van der Waals surface area contributed by atoms with Crippen LogP contribution in [0.4, 0.5) is 24.9 Å². The highest BCUT2D eigenvalue weighted by Crippen LogP contribution is 2.30. The van der Waals surface area contributed by atoms with E-state index in [0.717, 1.165) is 6.07 Å². The lowest BCUT2D eigenvalue weighted by Crippen LogP contribution is -2.31. The van der Waals surface area contributed by atoms with Crippen LogP contribution < -0.4 is 10.2 Å². The standard InChI is InChI=1S/C12H19F3N4O/c1-7(2)8(6-20)16-11-17-9(12(13,14)15)5-10(18-11)19(3)4/h5,7-8,20H,6H2,1-4H3,(H,16,17,18)/t8-/m1/s1. The Kier molecular flexibility index (Phi) is 5.15. The maximum absolute atomic E-state index is 12.8. The van der Waals surface area contributed by atoms with E-state index in [-0.39, 0.29) is 24.3 Å². The van der Waals surface area contributed by atoms with Crippen molar-refractivity contribution in [1.82, 2.24) is 9.97 Å². The maximum atomic E-state index is 12.8. The largest absolute Gasteiger partial charge is 0.433 e. The van der Waals surface area contributed by atoms with Crippen LogP contribution in [0.25, 0.3) is 0 Å². The summed E-state index contributed by atoms with van der Waals surface area (Å²) in [6.45, 7) is 3.47. The Morgan fingerprint density at radius 1 is 1.30 bits per heavy atom. The van der Waals surface area contributed by atoms with Gasteiger partial charge in [-0.25, -0.2) is 4.98 Å². The van der Waals surface area contributed by atoms with Crippen molar-refractivity contribution in [3.63, 3.8) is 0 Å². The van der Waals surface area contributed by atoms with Crippen molar-refractivity contribution in [2.45, 2.75) is 26.1 Å². The lowest BCUT2D eigenvalue weighted by Gasteiger charge is -2.22. The quantitative estimate of drug-likeness (QED) is 0.869. The molecular formula is C12H19F3N4O. The summed E-state index contributed by atoms with van der Waals surface area (Å²) in [4.78, 5) is 8.95. The predicted octanol–water partition coefficient (Wildman–Crippen LogP) is 1.99. The van der Waals surface area contributed by atoms with Gasteiger partial charge in [0.2, 0.25) is 5.95 Å². The van der Waals surface area contributed by atoms with E-state index in [0.29, 0.717) is 0 Å². The molecule has 1 aromatic rings. The molecule has 1 aromatic heterocycles. The van der Waals surface area contributed by atoms with Crippen molar-refractivity contribution in [2.75, 3.05) is 30.9 Å². The number of hydrogen-bond acceptors (Lipinski definition) is 5. The topological polar surface area (TPSA) is 61.3 Å². The van der Waals surface area contributed by atoms with E-state index in [1.165, 1.54) is 4.90 Å². The molecule has 1 rings (SSSR count). The van der Waals surface area contributed by atoms with Crippen LogP contribution in [-0.4, -0.2) is 41.8 Å². The zero-order chi connectivity index (χ0) is 15.5. The Morgan fingerprint density at radius 3 is 2.30 bits per heavy atom. The van der Waals surface area contributed by atoms with Crippen LogP contribution >= 0.6 is 0 Å². The Labute approximate surface area is 115 Å². The van der Waals surface area contributed by atoms with Crippen molar-refractivity contribution >= 4 is 11.8 Å². The van der Waals surface area contributed by atoms with Crippen molar-refractivity contribution in [3.8, 4) is 0 Å². The molecule has 1 heterocycles. The molecule has 0 fully saturated rings. The number of rotatable bonds is 5. The number of nitrogens with one attached hydrogen (secondary N) is 1. The van der Waals surface area contributed by atoms with Crippen LogP contribution in [0.5, 0.6) is 0 Å². The van der Waals surface area contributed by atoms with Crippen molar-refractivity contribution in [1.29, 1.82) is 0 Å². The lowest BCUT2D eigenvalue weighted by molar-refractivity contribution is -0.141. The first-order valence-electron chi connectivity index (χ1n) is 6.16. The number of aliphatic hydroxyl groups excluding tert-OH is 1. The van der Waals surface area contributed by atoms with Crippen LogP contribution in [0.1, 0.15) is 19.5 Å². The molecule has 2 N–H and O–H groups in total. The fourth-order valence-corrected chi connectivity index (χ4v) is 1.46. The van der Waals surface area contributed by atoms with Crippen LogP contribution in [0.3, 0.4) is 0 Å². The molecule has 0 amide bonds. The van der Waals surface area contributed by atoms with Crippen LogP contribution in [0.15, 0.2) is 6.07 Å². The highest BCUT2D eigenvalue weighted by molar-refractivity contribution is 5.44. The maximum Gasteiger partial charge on any atom is 0.433 e. The second-order valence-electron chi connectivity index (χ2n) is 5.00. The van der Waals surface area contributed by atoms with Crippen molar-refractivity contribution in [3.05, 3.63) is 11.8 Å². The third-order valence-electron chi connectivity index (χ3n) is 2.78. The molecule has 0 unspecified atom stereocenters. The number of aromatic nitrogens is 2. The molecule has 0 bridgehead atoms. The third kappa shape index (κ3) is 4.22. The molecular weight excluding hydrogens is 273 g/mol. The summed E-state index contributed by atoms with van der Waals surface area (Å²) < 4.78 is 38.4. The third-order valence-corrected chi connectivity index (χ3v) is 2.78. The smallest absolute Gasteiger partial charge is 0.394 e. The Morgan fingerprint density at radius 2 is 1.90 bits per heavy atom. The fourth-order valence-electron chi connectivity index (χ4n) is 1.46. The van der Waals surface area contributed by atoms with E-state index in [1.807, 2.05) is 13.8 Å². The SMILES string of the molecule is CC(C)[C@@H](CO)Nc1nc(N(C)C)cc(C(F)(F)F)n1. The van der Waals surface area contributed by atoms with Gasteiger partial charge in [0.1, 0.15) is 5.82 Å². The van der Waals surface area contributed by atoms with Crippen LogP contribution in [0.2, 0.25) is 0 Å². The first kappa shape index (κ1) is 16.5. The molecule has 0 radical (unpaired) electrons. The minimum atomic E-state index is -4.54. The van der Waals surface area contributed by atoms with Gasteiger partial charge in [0.05, 0.1) is 12.6 Å². The first-order valence-corrected chi connectivity index (χ1v) is 6.16. The summed E-state index contributed by atoms with van der Waals surface area (Å²) in [5, 5.41) is 12.0. The molecule has 0 aliphatic carbocycles. The van der Waals surface area contributed by atoms with Gasteiger partial charge >= 0.3 is 6.18 Å². The second-order valence-corrected chi connectivity index (χ2v) is 5.00. The van der Waals surface area contributed by atoms with E-state index in [2.05, 4.69) is 15.3 Å². The zero-order valence-electron chi connectivity index (χ0n) is 11.9. The Balaban J connectivity index is 3.15. The predicted molar refractivity (Wildman–Crippen MR) is 70.7 cm³/mol. The van der Waals surface area contributed by atoms with E-state index in [4.69, 9.17) is 0 Å². The fraction of sp³-hybridized carbons (Fsp3) is 0.667. The molecule has 0 aromatic carbocycles. The van der Waals surface area contributed by atoms with Gasteiger partial charge in [-0.2, -0.15) is 18.2 Å². The van der Waals surface area contributed by atoms with Gasteiger partial charge in [-0.15, -0.1) is 0 Å².